The molecule has 0 saturated heterocycles. The summed E-state index contributed by atoms with van der Waals surface area (Å²) in [6.07, 6.45) is 1.30. The van der Waals surface area contributed by atoms with E-state index in [1.54, 1.807) is 6.07 Å². The van der Waals surface area contributed by atoms with E-state index in [1.165, 1.54) is 30.5 Å². The van der Waals surface area contributed by atoms with Gasteiger partial charge in [0.1, 0.15) is 11.6 Å². The Kier molecular flexibility index (Phi) is 5.53. The van der Waals surface area contributed by atoms with Crippen LogP contribution in [0.25, 0.3) is 11.1 Å². The van der Waals surface area contributed by atoms with Gasteiger partial charge in [-0.1, -0.05) is 12.1 Å². The van der Waals surface area contributed by atoms with E-state index < -0.39 is 23.4 Å². The summed E-state index contributed by atoms with van der Waals surface area (Å²) in [5.74, 6) is -2.42. The van der Waals surface area contributed by atoms with E-state index in [4.69, 9.17) is 0 Å². The lowest BCUT2D eigenvalue weighted by molar-refractivity contribution is -0.146. The van der Waals surface area contributed by atoms with Crippen molar-refractivity contribution in [2.45, 2.75) is 6.92 Å². The van der Waals surface area contributed by atoms with Crippen molar-refractivity contribution >= 4 is 11.9 Å². The second-order valence-corrected chi connectivity index (χ2v) is 4.13. The first-order chi connectivity index (χ1) is 9.97. The number of aromatic nitrogens is 1. The molecule has 0 fully saturated rings. The summed E-state index contributed by atoms with van der Waals surface area (Å²) in [6, 6.07) is 6.98. The maximum absolute atomic E-state index is 13.1. The molecular formula is C14H14FN3O4. The number of nitrogens with one attached hydrogen (secondary N) is 1. The second-order valence-electron chi connectivity index (χ2n) is 4.13. The summed E-state index contributed by atoms with van der Waals surface area (Å²) in [4.78, 5) is 30.3. The molecule has 2 rings (SSSR count). The summed E-state index contributed by atoms with van der Waals surface area (Å²) in [6.45, 7) is 1.11. The van der Waals surface area contributed by atoms with Crippen LogP contribution < -0.4 is 11.6 Å². The third kappa shape index (κ3) is 4.00. The fourth-order valence-electron chi connectivity index (χ4n) is 1.62. The average molecular weight is 307 g/mol. The van der Waals surface area contributed by atoms with Gasteiger partial charge in [0, 0.05) is 18.7 Å². The maximum atomic E-state index is 13.1. The summed E-state index contributed by atoms with van der Waals surface area (Å²) < 4.78 is 13.1. The minimum Gasteiger partial charge on any atom is -0.505 e. The highest BCUT2D eigenvalue weighted by Crippen LogP contribution is 2.25. The van der Waals surface area contributed by atoms with Crippen LogP contribution in [0.4, 0.5) is 4.39 Å². The molecule has 116 valence electrons. The molecule has 0 atom stereocenters. The van der Waals surface area contributed by atoms with Gasteiger partial charge in [-0.2, -0.15) is 5.48 Å². The number of rotatable bonds is 2. The molecule has 0 saturated carbocycles. The Labute approximate surface area is 125 Å². The second kappa shape index (κ2) is 7.14. The lowest BCUT2D eigenvalue weighted by atomic mass is 10.1. The minimum atomic E-state index is -0.867. The first-order valence-electron chi connectivity index (χ1n) is 5.90. The molecule has 1 aromatic heterocycles. The molecule has 22 heavy (non-hydrogen) atoms. The first kappa shape index (κ1) is 17.1. The predicted octanol–water partition coefficient (Wildman–Crippen LogP) is 1.96. The molecule has 8 heteroatoms. The Balaban J connectivity index is 0.00000242. The van der Waals surface area contributed by atoms with E-state index in [9.17, 15) is 19.1 Å². The van der Waals surface area contributed by atoms with Crippen molar-refractivity contribution in [1.29, 1.82) is 0 Å². The largest absolute Gasteiger partial charge is 0.505 e. The highest BCUT2D eigenvalue weighted by atomic mass is 19.1. The van der Waals surface area contributed by atoms with E-state index in [2.05, 4.69) is 9.82 Å². The smallest absolute Gasteiger partial charge is 0.329 e. The van der Waals surface area contributed by atoms with Gasteiger partial charge in [-0.15, -0.1) is 0 Å². The van der Waals surface area contributed by atoms with Gasteiger partial charge in [0.15, 0.2) is 5.69 Å². The number of carbonyl (C=O) groups is 2. The molecule has 0 aliphatic carbocycles. The van der Waals surface area contributed by atoms with Crippen LogP contribution in [0.2, 0.25) is 0 Å². The Morgan fingerprint density at radius 2 is 2.00 bits per heavy atom. The van der Waals surface area contributed by atoms with Gasteiger partial charge < -0.3 is 16.1 Å². The van der Waals surface area contributed by atoms with Crippen molar-refractivity contribution in [2.75, 3.05) is 0 Å². The Morgan fingerprint density at radius 3 is 2.59 bits per heavy atom. The van der Waals surface area contributed by atoms with Crippen LogP contribution in [0.5, 0.6) is 5.75 Å². The number of pyridine rings is 1. The van der Waals surface area contributed by atoms with E-state index in [0.29, 0.717) is 11.1 Å². The topological polar surface area (TPSA) is 124 Å². The molecule has 0 aliphatic rings. The number of benzene rings is 1. The van der Waals surface area contributed by atoms with Gasteiger partial charge in [0.05, 0.1) is 0 Å². The normalized spacial score (nSPS) is 9.55. The van der Waals surface area contributed by atoms with Crippen LogP contribution >= 0.6 is 0 Å². The van der Waals surface area contributed by atoms with Gasteiger partial charge in [-0.25, -0.2) is 9.37 Å². The Hall–Kier alpha value is -3.00. The number of hydrogen-bond donors (Lipinski definition) is 3. The predicted molar refractivity (Wildman–Crippen MR) is 75.6 cm³/mol. The first-order valence-corrected chi connectivity index (χ1v) is 5.90. The van der Waals surface area contributed by atoms with Crippen LogP contribution in [-0.2, 0) is 9.63 Å². The van der Waals surface area contributed by atoms with Gasteiger partial charge in [0.2, 0.25) is 0 Å². The maximum Gasteiger partial charge on any atom is 0.329 e. The molecule has 7 nitrogen and oxygen atoms in total. The lowest BCUT2D eigenvalue weighted by Crippen LogP contribution is -2.26. The zero-order valence-electron chi connectivity index (χ0n) is 11.7. The summed E-state index contributed by atoms with van der Waals surface area (Å²) in [5.41, 5.74) is 2.47. The number of amides is 1. The van der Waals surface area contributed by atoms with E-state index in [0.717, 1.165) is 6.92 Å². The van der Waals surface area contributed by atoms with Gasteiger partial charge in [0.25, 0.3) is 0 Å². The SMILES string of the molecule is CC(=O)ONC(=O)c1ncc(-c2cccc(F)c2)cc1O.N. The van der Waals surface area contributed by atoms with Crippen molar-refractivity contribution in [3.63, 3.8) is 0 Å². The zero-order chi connectivity index (χ0) is 15.4. The average Bonchev–Trinajstić information content (AvgIpc) is 2.44. The zero-order valence-corrected chi connectivity index (χ0v) is 11.7. The number of aromatic hydroxyl groups is 1. The molecule has 1 aromatic carbocycles. The van der Waals surface area contributed by atoms with Crippen LogP contribution in [0, 0.1) is 5.82 Å². The van der Waals surface area contributed by atoms with E-state index in [1.807, 2.05) is 5.48 Å². The standard InChI is InChI=1S/C14H11FN2O4.H3N/c1-8(18)21-17-14(20)13-12(19)6-10(7-16-13)9-3-2-4-11(15)5-9;/h2-7,19H,1H3,(H,17,20);1H3. The molecule has 0 spiro atoms. The third-order valence-electron chi connectivity index (χ3n) is 2.53. The van der Waals surface area contributed by atoms with Gasteiger partial charge >= 0.3 is 11.9 Å². The van der Waals surface area contributed by atoms with E-state index in [-0.39, 0.29) is 11.8 Å². The number of carbonyl (C=O) groups excluding carboxylic acids is 2. The van der Waals surface area contributed by atoms with Crippen molar-refractivity contribution in [3.8, 4) is 16.9 Å². The van der Waals surface area contributed by atoms with E-state index >= 15 is 0 Å². The van der Waals surface area contributed by atoms with Gasteiger partial charge in [-0.3, -0.25) is 9.59 Å². The van der Waals surface area contributed by atoms with Crippen molar-refractivity contribution in [1.82, 2.24) is 16.6 Å². The van der Waals surface area contributed by atoms with Gasteiger partial charge in [-0.05, 0) is 23.8 Å². The summed E-state index contributed by atoms with van der Waals surface area (Å²) in [7, 11) is 0. The highest BCUT2D eigenvalue weighted by Gasteiger charge is 2.15. The quantitative estimate of drug-likeness (QED) is 0.729. The molecule has 0 bridgehead atoms. The molecule has 1 amide bonds. The number of hydroxylamine groups is 1. The van der Waals surface area contributed by atoms with Crippen LogP contribution in [0.3, 0.4) is 0 Å². The van der Waals surface area contributed by atoms with Crippen LogP contribution in [0.1, 0.15) is 17.4 Å². The molecule has 2 aromatic rings. The minimum absolute atomic E-state index is 0. The van der Waals surface area contributed by atoms with Crippen LogP contribution in [-0.4, -0.2) is 22.0 Å². The number of hydrogen-bond acceptors (Lipinski definition) is 6. The Bertz CT molecular complexity index is 706. The molecule has 0 radical (unpaired) electrons. The molecule has 1 heterocycles. The summed E-state index contributed by atoms with van der Waals surface area (Å²) in [5, 5.41) is 9.80. The number of halogens is 1. The number of nitrogens with zero attached hydrogens (tertiary/aromatic N) is 1. The van der Waals surface area contributed by atoms with Crippen molar-refractivity contribution < 1.29 is 23.9 Å². The monoisotopic (exact) mass is 307 g/mol. The van der Waals surface area contributed by atoms with Crippen molar-refractivity contribution in [2.24, 2.45) is 0 Å². The van der Waals surface area contributed by atoms with Crippen LogP contribution in [0.15, 0.2) is 36.5 Å². The highest BCUT2D eigenvalue weighted by molar-refractivity contribution is 5.95. The van der Waals surface area contributed by atoms with Crippen molar-refractivity contribution in [3.05, 3.63) is 48.0 Å². The molecule has 0 aliphatic heterocycles. The summed E-state index contributed by atoms with van der Waals surface area (Å²) >= 11 is 0. The molecule has 0 unspecified atom stereocenters. The fraction of sp³-hybridized carbons (Fsp3) is 0.0714. The molecular weight excluding hydrogens is 293 g/mol. The Morgan fingerprint density at radius 1 is 1.27 bits per heavy atom. The lowest BCUT2D eigenvalue weighted by Gasteiger charge is -2.07. The molecule has 5 N–H and O–H groups in total. The third-order valence-corrected chi connectivity index (χ3v) is 2.53. The fourth-order valence-corrected chi connectivity index (χ4v) is 1.62.